The van der Waals surface area contributed by atoms with Crippen LogP contribution in [0.2, 0.25) is 0 Å². The van der Waals surface area contributed by atoms with Crippen LogP contribution >= 0.6 is 0 Å². The second-order valence-electron chi connectivity index (χ2n) is 8.72. The van der Waals surface area contributed by atoms with Gasteiger partial charge in [-0.1, -0.05) is 48.0 Å². The third-order valence-corrected chi connectivity index (χ3v) is 6.08. The molecule has 5 rings (SSSR count). The average molecular weight is 460 g/mol. The average Bonchev–Trinajstić information content (AvgIpc) is 3.25. The SMILES string of the molecule is Cc1ccc(Cc2c(C)nc(C)nc2Nc2c(C#N)cnn2-c2cc(C)c3ccccc3n2)cc1. The van der Waals surface area contributed by atoms with E-state index in [2.05, 4.69) is 52.7 Å². The third kappa shape index (κ3) is 4.34. The molecule has 5 aromatic rings. The van der Waals surface area contributed by atoms with Crippen LogP contribution in [-0.4, -0.2) is 24.7 Å². The van der Waals surface area contributed by atoms with Gasteiger partial charge in [-0.05, 0) is 51.0 Å². The van der Waals surface area contributed by atoms with Crippen molar-refractivity contribution in [3.05, 3.63) is 100 Å². The first-order valence-electron chi connectivity index (χ1n) is 11.4. The molecule has 0 spiro atoms. The highest BCUT2D eigenvalue weighted by molar-refractivity contribution is 5.83. The Morgan fingerprint density at radius 2 is 1.71 bits per heavy atom. The van der Waals surface area contributed by atoms with Crippen LogP contribution in [0.25, 0.3) is 16.7 Å². The fourth-order valence-electron chi connectivity index (χ4n) is 4.24. The second-order valence-corrected chi connectivity index (χ2v) is 8.72. The van der Waals surface area contributed by atoms with Crippen LogP contribution in [0.5, 0.6) is 0 Å². The number of nitrogens with zero attached hydrogens (tertiary/aromatic N) is 6. The largest absolute Gasteiger partial charge is 0.323 e. The van der Waals surface area contributed by atoms with Crippen molar-refractivity contribution in [3.63, 3.8) is 0 Å². The number of hydrogen-bond acceptors (Lipinski definition) is 6. The summed E-state index contributed by atoms with van der Waals surface area (Å²) in [5.41, 5.74) is 6.60. The number of aryl methyl sites for hydroxylation is 4. The third-order valence-electron chi connectivity index (χ3n) is 6.08. The highest BCUT2D eigenvalue weighted by atomic mass is 15.4. The van der Waals surface area contributed by atoms with E-state index in [9.17, 15) is 5.26 Å². The van der Waals surface area contributed by atoms with Crippen LogP contribution in [0.4, 0.5) is 11.6 Å². The van der Waals surface area contributed by atoms with E-state index in [1.165, 1.54) is 5.56 Å². The Balaban J connectivity index is 1.61. The van der Waals surface area contributed by atoms with Crippen LogP contribution in [0.1, 0.15) is 39.3 Å². The minimum absolute atomic E-state index is 0.410. The van der Waals surface area contributed by atoms with Crippen molar-refractivity contribution < 1.29 is 0 Å². The minimum Gasteiger partial charge on any atom is -0.323 e. The van der Waals surface area contributed by atoms with E-state index in [1.54, 1.807) is 10.9 Å². The summed E-state index contributed by atoms with van der Waals surface area (Å²) in [6.07, 6.45) is 2.22. The summed E-state index contributed by atoms with van der Waals surface area (Å²) in [4.78, 5) is 14.1. The number of rotatable bonds is 5. The molecular formula is C28H25N7. The maximum Gasteiger partial charge on any atom is 0.156 e. The van der Waals surface area contributed by atoms with E-state index in [-0.39, 0.29) is 0 Å². The summed E-state index contributed by atoms with van der Waals surface area (Å²) in [5.74, 6) is 2.47. The second kappa shape index (κ2) is 8.99. The van der Waals surface area contributed by atoms with Gasteiger partial charge in [0.05, 0.1) is 11.7 Å². The number of aromatic nitrogens is 5. The first-order chi connectivity index (χ1) is 16.9. The van der Waals surface area contributed by atoms with Crippen molar-refractivity contribution in [2.75, 3.05) is 5.32 Å². The number of hydrogen-bond donors (Lipinski definition) is 1. The molecule has 0 bridgehead atoms. The normalized spacial score (nSPS) is 10.9. The Hall–Kier alpha value is -4.57. The predicted molar refractivity (Wildman–Crippen MR) is 137 cm³/mol. The molecule has 0 radical (unpaired) electrons. The zero-order chi connectivity index (χ0) is 24.5. The molecule has 3 aromatic heterocycles. The first kappa shape index (κ1) is 22.2. The lowest BCUT2D eigenvalue weighted by Crippen LogP contribution is -2.11. The molecule has 7 heteroatoms. The molecule has 7 nitrogen and oxygen atoms in total. The number of nitrogens with one attached hydrogen (secondary N) is 1. The Labute approximate surface area is 204 Å². The Morgan fingerprint density at radius 3 is 2.49 bits per heavy atom. The maximum absolute atomic E-state index is 9.83. The zero-order valence-corrected chi connectivity index (χ0v) is 20.2. The highest BCUT2D eigenvalue weighted by Crippen LogP contribution is 2.28. The van der Waals surface area contributed by atoms with E-state index in [1.807, 2.05) is 51.1 Å². The molecule has 0 saturated heterocycles. The van der Waals surface area contributed by atoms with Gasteiger partial charge in [0.2, 0.25) is 0 Å². The van der Waals surface area contributed by atoms with Gasteiger partial charge >= 0.3 is 0 Å². The molecule has 172 valence electrons. The molecule has 35 heavy (non-hydrogen) atoms. The summed E-state index contributed by atoms with van der Waals surface area (Å²) in [6.45, 7) is 7.97. The Bertz CT molecular complexity index is 1590. The molecule has 0 aliphatic rings. The lowest BCUT2D eigenvalue weighted by atomic mass is 10.0. The number of pyridine rings is 1. The molecule has 2 aromatic carbocycles. The molecule has 0 atom stereocenters. The quantitative estimate of drug-likeness (QED) is 0.365. The van der Waals surface area contributed by atoms with Crippen molar-refractivity contribution >= 4 is 22.5 Å². The molecule has 3 heterocycles. The zero-order valence-electron chi connectivity index (χ0n) is 20.2. The van der Waals surface area contributed by atoms with Crippen LogP contribution in [0.3, 0.4) is 0 Å². The topological polar surface area (TPSA) is 92.3 Å². The molecule has 0 saturated carbocycles. The van der Waals surface area contributed by atoms with Gasteiger partial charge in [-0.15, -0.1) is 0 Å². The molecular weight excluding hydrogens is 434 g/mol. The minimum atomic E-state index is 0.410. The predicted octanol–water partition coefficient (Wildman–Crippen LogP) is 5.65. The highest BCUT2D eigenvalue weighted by Gasteiger charge is 2.19. The summed E-state index contributed by atoms with van der Waals surface area (Å²) >= 11 is 0. The van der Waals surface area contributed by atoms with E-state index in [0.29, 0.717) is 35.3 Å². The first-order valence-corrected chi connectivity index (χ1v) is 11.4. The summed E-state index contributed by atoms with van der Waals surface area (Å²) in [5, 5.41) is 18.8. The van der Waals surface area contributed by atoms with Gasteiger partial charge in [0.15, 0.2) is 11.6 Å². The summed E-state index contributed by atoms with van der Waals surface area (Å²) in [6, 6.07) is 20.6. The molecule has 0 fully saturated rings. The smallest absolute Gasteiger partial charge is 0.156 e. The van der Waals surface area contributed by atoms with Gasteiger partial charge < -0.3 is 5.32 Å². The van der Waals surface area contributed by atoms with E-state index in [4.69, 9.17) is 9.97 Å². The Kier molecular flexibility index (Phi) is 5.71. The number of benzene rings is 2. The van der Waals surface area contributed by atoms with Gasteiger partial charge in [0.1, 0.15) is 23.3 Å². The van der Waals surface area contributed by atoms with Crippen molar-refractivity contribution in [3.8, 4) is 11.9 Å². The lowest BCUT2D eigenvalue weighted by molar-refractivity contribution is 0.855. The van der Waals surface area contributed by atoms with Crippen molar-refractivity contribution in [1.29, 1.82) is 5.26 Å². The fourth-order valence-corrected chi connectivity index (χ4v) is 4.24. The summed E-state index contributed by atoms with van der Waals surface area (Å²) in [7, 11) is 0. The van der Waals surface area contributed by atoms with E-state index >= 15 is 0 Å². The molecule has 0 amide bonds. The monoisotopic (exact) mass is 459 g/mol. The van der Waals surface area contributed by atoms with E-state index < -0.39 is 0 Å². The number of nitriles is 1. The van der Waals surface area contributed by atoms with Crippen LogP contribution in [-0.2, 0) is 6.42 Å². The van der Waals surface area contributed by atoms with Crippen molar-refractivity contribution in [2.45, 2.75) is 34.1 Å². The molecule has 1 N–H and O–H groups in total. The number of anilines is 2. The standard InChI is InChI=1S/C28H25N7/c1-17-9-11-21(12-10-17)14-24-19(3)31-20(4)32-27(24)34-28-22(15-29)16-30-35(28)26-13-18(2)23-7-5-6-8-25(23)33-26/h5-13,16H,14H2,1-4H3,(H,31,32,34). The lowest BCUT2D eigenvalue weighted by Gasteiger charge is -2.16. The van der Waals surface area contributed by atoms with Gasteiger partial charge in [0, 0.05) is 23.1 Å². The number of para-hydroxylation sites is 1. The molecule has 0 unspecified atom stereocenters. The van der Waals surface area contributed by atoms with Crippen molar-refractivity contribution in [2.24, 2.45) is 0 Å². The Morgan fingerprint density at radius 1 is 0.943 bits per heavy atom. The van der Waals surface area contributed by atoms with Gasteiger partial charge in [0.25, 0.3) is 0 Å². The van der Waals surface area contributed by atoms with Crippen molar-refractivity contribution in [1.82, 2.24) is 24.7 Å². The molecule has 0 aliphatic carbocycles. The van der Waals surface area contributed by atoms with Gasteiger partial charge in [-0.25, -0.2) is 15.0 Å². The van der Waals surface area contributed by atoms with Crippen LogP contribution in [0, 0.1) is 39.0 Å². The van der Waals surface area contributed by atoms with Gasteiger partial charge in [-0.3, -0.25) is 0 Å². The van der Waals surface area contributed by atoms with Crippen LogP contribution < -0.4 is 5.32 Å². The van der Waals surface area contributed by atoms with E-state index in [0.717, 1.165) is 33.3 Å². The summed E-state index contributed by atoms with van der Waals surface area (Å²) < 4.78 is 1.67. The van der Waals surface area contributed by atoms with Crippen LogP contribution in [0.15, 0.2) is 60.8 Å². The molecule has 0 aliphatic heterocycles. The number of fused-ring (bicyclic) bond motifs is 1. The maximum atomic E-state index is 9.83. The fraction of sp³-hybridized carbons (Fsp3) is 0.179. The van der Waals surface area contributed by atoms with Gasteiger partial charge in [-0.2, -0.15) is 15.0 Å².